The van der Waals surface area contributed by atoms with Gasteiger partial charge in [-0.3, -0.25) is 0 Å². The second-order valence-electron chi connectivity index (χ2n) is 4.43. The van der Waals surface area contributed by atoms with Gasteiger partial charge in [0.05, 0.1) is 0 Å². The van der Waals surface area contributed by atoms with Gasteiger partial charge in [-0.2, -0.15) is 0 Å². The normalized spacial score (nSPS) is 8.16. The van der Waals surface area contributed by atoms with Crippen molar-refractivity contribution in [2.75, 3.05) is 39.6 Å². The third-order valence-electron chi connectivity index (χ3n) is 2.65. The Labute approximate surface area is 158 Å². The molecule has 0 unspecified atom stereocenters. The van der Waals surface area contributed by atoms with Gasteiger partial charge >= 0.3 is 0 Å². The molecule has 3 heteroatoms. The summed E-state index contributed by atoms with van der Waals surface area (Å²) in [5.41, 5.74) is 2.74. The third kappa shape index (κ3) is 39.5. The Morgan fingerprint density at radius 2 is 0.760 bits per heavy atom. The van der Waals surface area contributed by atoms with Crippen molar-refractivity contribution in [2.24, 2.45) is 0 Å². The van der Waals surface area contributed by atoms with Gasteiger partial charge in [-0.1, -0.05) is 24.3 Å². The van der Waals surface area contributed by atoms with Crippen molar-refractivity contribution >= 4 is 0 Å². The molecule has 0 aromatic heterocycles. The van der Waals surface area contributed by atoms with Crippen molar-refractivity contribution < 1.29 is 14.2 Å². The summed E-state index contributed by atoms with van der Waals surface area (Å²) in [5, 5.41) is 0. The van der Waals surface area contributed by atoms with E-state index in [9.17, 15) is 0 Å². The minimum absolute atomic E-state index is 0.844. The SMILES string of the molecule is C=C.CCOCC.CCOCC.CCOCC.Cc1ccccc1C. The summed E-state index contributed by atoms with van der Waals surface area (Å²) in [4.78, 5) is 0. The van der Waals surface area contributed by atoms with Gasteiger partial charge in [0, 0.05) is 39.6 Å². The summed E-state index contributed by atoms with van der Waals surface area (Å²) in [6.45, 7) is 27.2. The smallest absolute Gasteiger partial charge is 0.0437 e. The van der Waals surface area contributed by atoms with Crippen LogP contribution < -0.4 is 0 Å². The zero-order valence-corrected chi connectivity index (χ0v) is 18.2. The molecule has 150 valence electrons. The van der Waals surface area contributed by atoms with Crippen LogP contribution in [0.3, 0.4) is 0 Å². The van der Waals surface area contributed by atoms with E-state index in [1.807, 2.05) is 41.5 Å². The molecule has 0 aliphatic carbocycles. The predicted molar refractivity (Wildman–Crippen MR) is 114 cm³/mol. The number of benzene rings is 1. The number of hydrogen-bond acceptors (Lipinski definition) is 3. The van der Waals surface area contributed by atoms with Gasteiger partial charge < -0.3 is 14.2 Å². The Morgan fingerprint density at radius 3 is 0.840 bits per heavy atom. The van der Waals surface area contributed by atoms with E-state index in [1.54, 1.807) is 0 Å². The van der Waals surface area contributed by atoms with Gasteiger partial charge in [0.25, 0.3) is 0 Å². The van der Waals surface area contributed by atoms with E-state index >= 15 is 0 Å². The Morgan fingerprint density at radius 1 is 0.560 bits per heavy atom. The van der Waals surface area contributed by atoms with Crippen LogP contribution >= 0.6 is 0 Å². The number of hydrogen-bond donors (Lipinski definition) is 0. The average Bonchev–Trinajstić information content (AvgIpc) is 2.63. The van der Waals surface area contributed by atoms with Crippen molar-refractivity contribution in [3.63, 3.8) is 0 Å². The molecule has 1 rings (SSSR count). The largest absolute Gasteiger partial charge is 0.382 e. The van der Waals surface area contributed by atoms with Gasteiger partial charge in [-0.05, 0) is 66.5 Å². The lowest BCUT2D eigenvalue weighted by Gasteiger charge is -1.93. The Bertz CT molecular complexity index is 273. The zero-order valence-electron chi connectivity index (χ0n) is 18.2. The Hall–Kier alpha value is -1.16. The summed E-state index contributed by atoms with van der Waals surface area (Å²) in [6.07, 6.45) is 0. The number of ether oxygens (including phenoxy) is 3. The third-order valence-corrected chi connectivity index (χ3v) is 2.65. The molecule has 3 nitrogen and oxygen atoms in total. The first-order valence-corrected chi connectivity index (χ1v) is 9.30. The molecule has 0 spiro atoms. The van der Waals surface area contributed by atoms with Gasteiger partial charge in [0.1, 0.15) is 0 Å². The lowest BCUT2D eigenvalue weighted by atomic mass is 10.1. The molecule has 0 atom stereocenters. The van der Waals surface area contributed by atoms with Crippen LogP contribution in [0.1, 0.15) is 52.7 Å². The van der Waals surface area contributed by atoms with Crippen LogP contribution in [0, 0.1) is 13.8 Å². The summed E-state index contributed by atoms with van der Waals surface area (Å²) in [6, 6.07) is 8.36. The molecule has 0 aliphatic heterocycles. The standard InChI is InChI=1S/C8H10.3C4H10O.C2H4/c1-7-5-3-4-6-8(7)2;3*1-3-5-4-2;1-2/h3-6H,1-2H3;3*3-4H2,1-2H3;1-2H2. The van der Waals surface area contributed by atoms with E-state index in [2.05, 4.69) is 51.3 Å². The first-order chi connectivity index (χ1) is 12.0. The maximum absolute atomic E-state index is 4.83. The highest BCUT2D eigenvalue weighted by molar-refractivity contribution is 5.23. The highest BCUT2D eigenvalue weighted by atomic mass is 16.5. The minimum atomic E-state index is 0.844. The molecule has 25 heavy (non-hydrogen) atoms. The molecule has 0 amide bonds. The van der Waals surface area contributed by atoms with E-state index in [0.717, 1.165) is 39.6 Å². The zero-order chi connectivity index (χ0) is 20.3. The average molecular weight is 357 g/mol. The van der Waals surface area contributed by atoms with E-state index in [-0.39, 0.29) is 0 Å². The van der Waals surface area contributed by atoms with E-state index in [1.165, 1.54) is 11.1 Å². The van der Waals surface area contributed by atoms with Crippen molar-refractivity contribution in [2.45, 2.75) is 55.4 Å². The molecule has 0 aliphatic rings. The van der Waals surface area contributed by atoms with Gasteiger partial charge in [-0.25, -0.2) is 0 Å². The quantitative estimate of drug-likeness (QED) is 0.565. The summed E-state index contributed by atoms with van der Waals surface area (Å²) < 4.78 is 14.5. The Kier molecular flexibility index (Phi) is 43.3. The van der Waals surface area contributed by atoms with Crippen LogP contribution in [0.25, 0.3) is 0 Å². The fraction of sp³-hybridized carbons (Fsp3) is 0.636. The fourth-order valence-corrected chi connectivity index (χ4v) is 1.28. The number of rotatable bonds is 6. The fourth-order valence-electron chi connectivity index (χ4n) is 1.28. The highest BCUT2D eigenvalue weighted by Gasteiger charge is 1.83. The Balaban J connectivity index is -0.000000117. The topological polar surface area (TPSA) is 27.7 Å². The van der Waals surface area contributed by atoms with E-state index in [0.29, 0.717) is 0 Å². The summed E-state index contributed by atoms with van der Waals surface area (Å²) in [5.74, 6) is 0. The van der Waals surface area contributed by atoms with Gasteiger partial charge in [-0.15, -0.1) is 13.2 Å². The van der Waals surface area contributed by atoms with Crippen molar-refractivity contribution in [1.29, 1.82) is 0 Å². The van der Waals surface area contributed by atoms with Gasteiger partial charge in [0.2, 0.25) is 0 Å². The first kappa shape index (κ1) is 31.6. The maximum atomic E-state index is 4.83. The first-order valence-electron chi connectivity index (χ1n) is 9.30. The second kappa shape index (κ2) is 34.2. The van der Waals surface area contributed by atoms with Crippen LogP contribution in [-0.4, -0.2) is 39.6 Å². The molecular formula is C22H44O3. The minimum Gasteiger partial charge on any atom is -0.382 e. The van der Waals surface area contributed by atoms with Crippen LogP contribution in [0.15, 0.2) is 37.4 Å². The maximum Gasteiger partial charge on any atom is 0.0437 e. The predicted octanol–water partition coefficient (Wildman–Crippen LogP) is 6.23. The molecule has 0 heterocycles. The second-order valence-corrected chi connectivity index (χ2v) is 4.43. The van der Waals surface area contributed by atoms with Crippen LogP contribution in [-0.2, 0) is 14.2 Å². The lowest BCUT2D eigenvalue weighted by molar-refractivity contribution is 0.162. The van der Waals surface area contributed by atoms with Crippen molar-refractivity contribution in [1.82, 2.24) is 0 Å². The molecule has 1 aromatic rings. The highest BCUT2D eigenvalue weighted by Crippen LogP contribution is 2.02. The van der Waals surface area contributed by atoms with Crippen LogP contribution in [0.5, 0.6) is 0 Å². The molecule has 0 bridgehead atoms. The molecule has 1 aromatic carbocycles. The van der Waals surface area contributed by atoms with Gasteiger partial charge in [0.15, 0.2) is 0 Å². The molecular weight excluding hydrogens is 312 g/mol. The van der Waals surface area contributed by atoms with E-state index in [4.69, 9.17) is 14.2 Å². The monoisotopic (exact) mass is 356 g/mol. The van der Waals surface area contributed by atoms with Crippen molar-refractivity contribution in [3.05, 3.63) is 48.6 Å². The van der Waals surface area contributed by atoms with Crippen molar-refractivity contribution in [3.8, 4) is 0 Å². The number of aryl methyl sites for hydroxylation is 2. The lowest BCUT2D eigenvalue weighted by Crippen LogP contribution is -1.84. The molecule has 0 saturated carbocycles. The summed E-state index contributed by atoms with van der Waals surface area (Å²) >= 11 is 0. The molecule has 0 saturated heterocycles. The molecule has 0 radical (unpaired) electrons. The molecule has 0 fully saturated rings. The van der Waals surface area contributed by atoms with Crippen LogP contribution in [0.2, 0.25) is 0 Å². The van der Waals surface area contributed by atoms with E-state index < -0.39 is 0 Å². The van der Waals surface area contributed by atoms with Crippen LogP contribution in [0.4, 0.5) is 0 Å². The molecule has 0 N–H and O–H groups in total. The summed E-state index contributed by atoms with van der Waals surface area (Å²) in [7, 11) is 0.